The minimum absolute atomic E-state index is 0.0403. The van der Waals surface area contributed by atoms with Crippen molar-refractivity contribution in [3.63, 3.8) is 0 Å². The van der Waals surface area contributed by atoms with Crippen LogP contribution >= 0.6 is 0 Å². The van der Waals surface area contributed by atoms with Crippen molar-refractivity contribution in [3.05, 3.63) is 71.9 Å². The number of rotatable bonds is 8. The zero-order valence-corrected chi connectivity index (χ0v) is 20.5. The fourth-order valence-corrected chi connectivity index (χ4v) is 4.51. The number of nitrogens with one attached hydrogen (secondary N) is 1. The third-order valence-electron chi connectivity index (χ3n) is 6.60. The number of benzene rings is 2. The Hall–Kier alpha value is -3.41. The molecule has 1 amide bonds. The van der Waals surface area contributed by atoms with Crippen LogP contribution in [-0.4, -0.2) is 42.1 Å². The van der Waals surface area contributed by atoms with E-state index in [4.69, 9.17) is 4.98 Å². The first-order chi connectivity index (χ1) is 16.6. The fourth-order valence-electron chi connectivity index (χ4n) is 4.51. The molecule has 1 saturated heterocycles. The van der Waals surface area contributed by atoms with E-state index in [0.29, 0.717) is 13.1 Å². The molecule has 2 aromatic carbocycles. The lowest BCUT2D eigenvalue weighted by molar-refractivity contribution is -0.125. The van der Waals surface area contributed by atoms with Gasteiger partial charge >= 0.3 is 0 Å². The number of piperidine rings is 1. The number of hydrogen-bond acceptors (Lipinski definition) is 5. The second-order valence-electron chi connectivity index (χ2n) is 8.95. The second-order valence-corrected chi connectivity index (χ2v) is 8.95. The van der Waals surface area contributed by atoms with Gasteiger partial charge in [0, 0.05) is 50.2 Å². The maximum atomic E-state index is 13.0. The zero-order valence-electron chi connectivity index (χ0n) is 20.5. The van der Waals surface area contributed by atoms with Gasteiger partial charge in [-0.2, -0.15) is 0 Å². The Balaban J connectivity index is 1.36. The molecule has 1 aliphatic rings. The summed E-state index contributed by atoms with van der Waals surface area (Å²) in [4.78, 5) is 26.7. The minimum Gasteiger partial charge on any atom is -0.372 e. The second kappa shape index (κ2) is 11.1. The van der Waals surface area contributed by atoms with Crippen molar-refractivity contribution in [1.29, 1.82) is 0 Å². The van der Waals surface area contributed by atoms with E-state index in [9.17, 15) is 4.79 Å². The van der Waals surface area contributed by atoms with E-state index in [0.717, 1.165) is 55.2 Å². The number of nitrogens with zero attached hydrogens (tertiary/aromatic N) is 4. The Morgan fingerprint density at radius 2 is 1.79 bits per heavy atom. The quantitative estimate of drug-likeness (QED) is 0.525. The molecule has 34 heavy (non-hydrogen) atoms. The normalized spacial score (nSPS) is 15.7. The van der Waals surface area contributed by atoms with Gasteiger partial charge in [0.2, 0.25) is 5.91 Å². The summed E-state index contributed by atoms with van der Waals surface area (Å²) in [5, 5.41) is 3.15. The van der Waals surface area contributed by atoms with Gasteiger partial charge in [-0.1, -0.05) is 42.0 Å². The number of aromatic nitrogens is 2. The molecule has 178 valence electrons. The lowest BCUT2D eigenvalue weighted by Gasteiger charge is -2.33. The molecule has 1 fully saturated rings. The maximum absolute atomic E-state index is 13.0. The fraction of sp³-hybridized carbons (Fsp3) is 0.393. The summed E-state index contributed by atoms with van der Waals surface area (Å²) in [5.74, 6) is 1.68. The van der Waals surface area contributed by atoms with Crippen LogP contribution in [0.5, 0.6) is 0 Å². The molecule has 0 unspecified atom stereocenters. The van der Waals surface area contributed by atoms with Crippen molar-refractivity contribution in [1.82, 2.24) is 15.3 Å². The van der Waals surface area contributed by atoms with Gasteiger partial charge in [0.05, 0.1) is 5.92 Å². The van der Waals surface area contributed by atoms with Gasteiger partial charge in [0.1, 0.15) is 5.82 Å². The van der Waals surface area contributed by atoms with E-state index in [1.807, 2.05) is 12.3 Å². The third-order valence-corrected chi connectivity index (χ3v) is 6.60. The van der Waals surface area contributed by atoms with Gasteiger partial charge in [0.15, 0.2) is 5.82 Å². The standard InChI is InChI=1S/C28H35N5O/c1-4-32(5-2)25-14-10-22(11-15-25)19-30-28(34)24-7-6-18-33(20-24)26-16-17-29-27(31-26)23-12-8-21(3)9-13-23/h8-17,24H,4-7,18-20H2,1-3H3,(H,30,34)/t24-/m1/s1. The van der Waals surface area contributed by atoms with Crippen LogP contribution in [0.4, 0.5) is 11.5 Å². The summed E-state index contributed by atoms with van der Waals surface area (Å²) in [5.41, 5.74) is 4.56. The van der Waals surface area contributed by atoms with E-state index >= 15 is 0 Å². The van der Waals surface area contributed by atoms with Crippen LogP contribution < -0.4 is 15.1 Å². The Labute approximate surface area is 203 Å². The molecule has 4 rings (SSSR count). The Bertz CT molecular complexity index is 1080. The van der Waals surface area contributed by atoms with Crippen LogP contribution in [0.1, 0.15) is 37.8 Å². The molecule has 0 aliphatic carbocycles. The highest BCUT2D eigenvalue weighted by molar-refractivity contribution is 5.79. The molecule has 1 aromatic heterocycles. The molecule has 0 spiro atoms. The average molecular weight is 458 g/mol. The third kappa shape index (κ3) is 5.74. The van der Waals surface area contributed by atoms with Crippen LogP contribution in [0, 0.1) is 12.8 Å². The minimum atomic E-state index is -0.0403. The van der Waals surface area contributed by atoms with Crippen LogP contribution in [-0.2, 0) is 11.3 Å². The Morgan fingerprint density at radius 3 is 2.50 bits per heavy atom. The summed E-state index contributed by atoms with van der Waals surface area (Å²) >= 11 is 0. The molecule has 2 heterocycles. The number of hydrogen-bond donors (Lipinski definition) is 1. The van der Waals surface area contributed by atoms with Crippen LogP contribution in [0.15, 0.2) is 60.8 Å². The highest BCUT2D eigenvalue weighted by atomic mass is 16.1. The van der Waals surface area contributed by atoms with Crippen molar-refractivity contribution in [2.45, 2.75) is 40.2 Å². The number of anilines is 2. The summed E-state index contributed by atoms with van der Waals surface area (Å²) in [6, 6.07) is 18.7. The molecule has 3 aromatic rings. The topological polar surface area (TPSA) is 61.4 Å². The van der Waals surface area contributed by atoms with Crippen LogP contribution in [0.25, 0.3) is 11.4 Å². The van der Waals surface area contributed by atoms with E-state index in [1.54, 1.807) is 0 Å². The first-order valence-corrected chi connectivity index (χ1v) is 12.3. The smallest absolute Gasteiger partial charge is 0.225 e. The summed E-state index contributed by atoms with van der Waals surface area (Å²) < 4.78 is 0. The van der Waals surface area contributed by atoms with Gasteiger partial charge in [-0.15, -0.1) is 0 Å². The SMILES string of the molecule is CCN(CC)c1ccc(CNC(=O)[C@@H]2CCCN(c3ccnc(-c4ccc(C)cc4)n3)C2)cc1. The number of aryl methyl sites for hydroxylation is 1. The molecule has 1 N–H and O–H groups in total. The van der Waals surface area contributed by atoms with Crippen LogP contribution in [0.2, 0.25) is 0 Å². The highest BCUT2D eigenvalue weighted by Crippen LogP contribution is 2.24. The van der Waals surface area contributed by atoms with Crippen molar-refractivity contribution >= 4 is 17.4 Å². The summed E-state index contributed by atoms with van der Waals surface area (Å²) in [7, 11) is 0. The predicted octanol–water partition coefficient (Wildman–Crippen LogP) is 4.83. The van der Waals surface area contributed by atoms with E-state index in [1.165, 1.54) is 11.3 Å². The molecular formula is C28H35N5O. The first-order valence-electron chi connectivity index (χ1n) is 12.3. The molecule has 0 bridgehead atoms. The molecule has 6 nitrogen and oxygen atoms in total. The van der Waals surface area contributed by atoms with Crippen LogP contribution in [0.3, 0.4) is 0 Å². The van der Waals surface area contributed by atoms with Gasteiger partial charge in [-0.05, 0) is 57.4 Å². The zero-order chi connectivity index (χ0) is 23.9. The highest BCUT2D eigenvalue weighted by Gasteiger charge is 2.26. The number of carbonyl (C=O) groups is 1. The van der Waals surface area contributed by atoms with Gasteiger partial charge in [0.25, 0.3) is 0 Å². The summed E-state index contributed by atoms with van der Waals surface area (Å²) in [6.45, 7) is 10.5. The molecule has 1 aliphatic heterocycles. The average Bonchev–Trinajstić information content (AvgIpc) is 2.89. The molecule has 6 heteroatoms. The largest absolute Gasteiger partial charge is 0.372 e. The molecule has 1 atom stereocenters. The first kappa shape index (κ1) is 23.7. The van der Waals surface area contributed by atoms with Crippen molar-refractivity contribution < 1.29 is 4.79 Å². The molecule has 0 radical (unpaired) electrons. The number of amides is 1. The van der Waals surface area contributed by atoms with Crippen molar-refractivity contribution in [3.8, 4) is 11.4 Å². The molecular weight excluding hydrogens is 422 g/mol. The predicted molar refractivity (Wildman–Crippen MR) is 139 cm³/mol. The lowest BCUT2D eigenvalue weighted by Crippen LogP contribution is -2.43. The van der Waals surface area contributed by atoms with Crippen molar-refractivity contribution in [2.24, 2.45) is 5.92 Å². The maximum Gasteiger partial charge on any atom is 0.225 e. The van der Waals surface area contributed by atoms with Gasteiger partial charge in [-0.3, -0.25) is 4.79 Å². The summed E-state index contributed by atoms with van der Waals surface area (Å²) in [6.07, 6.45) is 3.68. The monoisotopic (exact) mass is 457 g/mol. The lowest BCUT2D eigenvalue weighted by atomic mass is 9.97. The van der Waals surface area contributed by atoms with E-state index in [-0.39, 0.29) is 11.8 Å². The van der Waals surface area contributed by atoms with E-state index < -0.39 is 0 Å². The Morgan fingerprint density at radius 1 is 1.06 bits per heavy atom. The van der Waals surface area contributed by atoms with Crippen molar-refractivity contribution in [2.75, 3.05) is 36.0 Å². The Kier molecular flexibility index (Phi) is 7.78. The van der Waals surface area contributed by atoms with E-state index in [2.05, 4.69) is 89.4 Å². The number of carbonyl (C=O) groups excluding carboxylic acids is 1. The van der Waals surface area contributed by atoms with Gasteiger partial charge in [-0.25, -0.2) is 9.97 Å². The van der Waals surface area contributed by atoms with Gasteiger partial charge < -0.3 is 15.1 Å². The molecule has 0 saturated carbocycles.